The molecular formula is C15H17BrClNO5. The molecule has 1 aliphatic heterocycles. The standard InChI is InChI=1S/C15H17BrClNO5/c16-10-3-4-13(12(17)6-10)22-9-15(20)23-8-14(19)18-7-11-2-1-5-21-11/h3-4,6,11H,1-2,5,7-9H2,(H,18,19)/t11-/m1/s1. The van der Waals surface area contributed by atoms with Gasteiger partial charge in [0.1, 0.15) is 5.75 Å². The van der Waals surface area contributed by atoms with E-state index in [1.165, 1.54) is 0 Å². The molecule has 1 fully saturated rings. The van der Waals surface area contributed by atoms with Gasteiger partial charge in [0.05, 0.1) is 11.1 Å². The van der Waals surface area contributed by atoms with Crippen molar-refractivity contribution in [2.45, 2.75) is 18.9 Å². The van der Waals surface area contributed by atoms with Crippen LogP contribution in [0.5, 0.6) is 5.75 Å². The largest absolute Gasteiger partial charge is 0.480 e. The van der Waals surface area contributed by atoms with E-state index >= 15 is 0 Å². The summed E-state index contributed by atoms with van der Waals surface area (Å²) in [5, 5.41) is 3.04. The molecule has 23 heavy (non-hydrogen) atoms. The lowest BCUT2D eigenvalue weighted by Gasteiger charge is -2.11. The number of hydrogen-bond acceptors (Lipinski definition) is 5. The summed E-state index contributed by atoms with van der Waals surface area (Å²) >= 11 is 9.23. The summed E-state index contributed by atoms with van der Waals surface area (Å²) in [7, 11) is 0. The molecule has 1 atom stereocenters. The van der Waals surface area contributed by atoms with Gasteiger partial charge < -0.3 is 19.5 Å². The molecular weight excluding hydrogens is 390 g/mol. The second-order valence-corrected chi connectivity index (χ2v) is 6.29. The topological polar surface area (TPSA) is 73.9 Å². The Morgan fingerprint density at radius 1 is 1.39 bits per heavy atom. The van der Waals surface area contributed by atoms with E-state index < -0.39 is 5.97 Å². The number of rotatable bonds is 7. The van der Waals surface area contributed by atoms with Crippen LogP contribution in [0.3, 0.4) is 0 Å². The average molecular weight is 407 g/mol. The van der Waals surface area contributed by atoms with Crippen molar-refractivity contribution in [2.75, 3.05) is 26.4 Å². The van der Waals surface area contributed by atoms with Crippen molar-refractivity contribution in [1.82, 2.24) is 5.32 Å². The van der Waals surface area contributed by atoms with E-state index in [0.717, 1.165) is 23.9 Å². The third-order valence-electron chi connectivity index (χ3n) is 3.15. The Morgan fingerprint density at radius 2 is 2.22 bits per heavy atom. The van der Waals surface area contributed by atoms with Gasteiger partial charge in [-0.1, -0.05) is 27.5 Å². The molecule has 126 valence electrons. The van der Waals surface area contributed by atoms with Gasteiger partial charge in [-0.2, -0.15) is 0 Å². The Hall–Kier alpha value is -1.31. The normalized spacial score (nSPS) is 16.9. The Bertz CT molecular complexity index is 563. The molecule has 0 aromatic heterocycles. The molecule has 6 nitrogen and oxygen atoms in total. The lowest BCUT2D eigenvalue weighted by atomic mass is 10.2. The van der Waals surface area contributed by atoms with Crippen LogP contribution in [-0.4, -0.2) is 44.3 Å². The molecule has 1 amide bonds. The third-order valence-corrected chi connectivity index (χ3v) is 3.94. The summed E-state index contributed by atoms with van der Waals surface area (Å²) in [4.78, 5) is 23.1. The van der Waals surface area contributed by atoms with E-state index in [4.69, 9.17) is 25.8 Å². The number of carbonyl (C=O) groups excluding carboxylic acids is 2. The Kier molecular flexibility index (Phi) is 7.14. The first-order valence-electron chi connectivity index (χ1n) is 7.16. The van der Waals surface area contributed by atoms with Gasteiger partial charge in [0.25, 0.3) is 5.91 Å². The van der Waals surface area contributed by atoms with Gasteiger partial charge in [0.15, 0.2) is 13.2 Å². The maximum absolute atomic E-state index is 11.6. The molecule has 8 heteroatoms. The highest BCUT2D eigenvalue weighted by Crippen LogP contribution is 2.27. The summed E-state index contributed by atoms with van der Waals surface area (Å²) in [5.74, 6) is -0.638. The van der Waals surface area contributed by atoms with Crippen molar-refractivity contribution in [1.29, 1.82) is 0 Å². The second kappa shape index (κ2) is 9.10. The second-order valence-electron chi connectivity index (χ2n) is 4.96. The van der Waals surface area contributed by atoms with Crippen LogP contribution in [0.1, 0.15) is 12.8 Å². The number of halogens is 2. The summed E-state index contributed by atoms with van der Waals surface area (Å²) < 4.78 is 16.3. The van der Waals surface area contributed by atoms with Crippen molar-refractivity contribution in [3.8, 4) is 5.75 Å². The predicted octanol–water partition coefficient (Wildman–Crippen LogP) is 2.32. The lowest BCUT2D eigenvalue weighted by Crippen LogP contribution is -2.35. The molecule has 0 aliphatic carbocycles. The van der Waals surface area contributed by atoms with Gasteiger partial charge in [-0.05, 0) is 31.0 Å². The fourth-order valence-corrected chi connectivity index (χ4v) is 2.73. The van der Waals surface area contributed by atoms with Crippen LogP contribution >= 0.6 is 27.5 Å². The summed E-state index contributed by atoms with van der Waals surface area (Å²) in [6, 6.07) is 5.03. The van der Waals surface area contributed by atoms with Crippen molar-refractivity contribution in [3.63, 3.8) is 0 Å². The zero-order valence-corrected chi connectivity index (χ0v) is 14.7. The minimum atomic E-state index is -0.642. The minimum Gasteiger partial charge on any atom is -0.480 e. The fraction of sp³-hybridized carbons (Fsp3) is 0.467. The number of nitrogens with one attached hydrogen (secondary N) is 1. The van der Waals surface area contributed by atoms with E-state index in [0.29, 0.717) is 17.3 Å². The molecule has 0 unspecified atom stereocenters. The Labute approximate surface area is 147 Å². The minimum absolute atomic E-state index is 0.0533. The summed E-state index contributed by atoms with van der Waals surface area (Å²) in [6.45, 7) is 0.496. The predicted molar refractivity (Wildman–Crippen MR) is 87.6 cm³/mol. The van der Waals surface area contributed by atoms with Gasteiger partial charge in [0.2, 0.25) is 0 Å². The Balaban J connectivity index is 1.63. The smallest absolute Gasteiger partial charge is 0.344 e. The molecule has 1 aromatic rings. The van der Waals surface area contributed by atoms with Crippen molar-refractivity contribution in [2.24, 2.45) is 0 Å². The van der Waals surface area contributed by atoms with Gasteiger partial charge in [-0.15, -0.1) is 0 Å². The fourth-order valence-electron chi connectivity index (χ4n) is 2.00. The zero-order chi connectivity index (χ0) is 16.7. The van der Waals surface area contributed by atoms with Crippen molar-refractivity contribution >= 4 is 39.4 Å². The van der Waals surface area contributed by atoms with E-state index in [9.17, 15) is 9.59 Å². The first-order valence-corrected chi connectivity index (χ1v) is 8.33. The number of amides is 1. The zero-order valence-electron chi connectivity index (χ0n) is 12.3. The number of hydrogen-bond donors (Lipinski definition) is 1. The molecule has 1 N–H and O–H groups in total. The summed E-state index contributed by atoms with van der Waals surface area (Å²) in [5.41, 5.74) is 0. The van der Waals surface area contributed by atoms with E-state index in [2.05, 4.69) is 21.2 Å². The maximum Gasteiger partial charge on any atom is 0.344 e. The third kappa shape index (κ3) is 6.37. The van der Waals surface area contributed by atoms with E-state index in [1.807, 2.05) is 0 Å². The van der Waals surface area contributed by atoms with E-state index in [1.54, 1.807) is 18.2 Å². The van der Waals surface area contributed by atoms with Crippen LogP contribution in [0, 0.1) is 0 Å². The van der Waals surface area contributed by atoms with E-state index in [-0.39, 0.29) is 25.2 Å². The molecule has 0 saturated carbocycles. The summed E-state index contributed by atoms with van der Waals surface area (Å²) in [6.07, 6.45) is 1.99. The molecule has 0 bridgehead atoms. The monoisotopic (exact) mass is 405 g/mol. The lowest BCUT2D eigenvalue weighted by molar-refractivity contribution is -0.150. The highest BCUT2D eigenvalue weighted by molar-refractivity contribution is 9.10. The molecule has 1 aliphatic rings. The van der Waals surface area contributed by atoms with Crippen LogP contribution in [0.4, 0.5) is 0 Å². The number of benzene rings is 1. The molecule has 2 rings (SSSR count). The average Bonchev–Trinajstić information content (AvgIpc) is 3.03. The quantitative estimate of drug-likeness (QED) is 0.704. The molecule has 0 spiro atoms. The maximum atomic E-state index is 11.6. The van der Waals surface area contributed by atoms with Crippen LogP contribution in [0.15, 0.2) is 22.7 Å². The highest BCUT2D eigenvalue weighted by atomic mass is 79.9. The molecule has 1 saturated heterocycles. The number of esters is 1. The van der Waals surface area contributed by atoms with Gasteiger partial charge in [-0.25, -0.2) is 4.79 Å². The van der Waals surface area contributed by atoms with Crippen LogP contribution in [0.2, 0.25) is 5.02 Å². The van der Waals surface area contributed by atoms with Gasteiger partial charge in [-0.3, -0.25) is 4.79 Å². The van der Waals surface area contributed by atoms with Crippen LogP contribution < -0.4 is 10.1 Å². The van der Waals surface area contributed by atoms with Gasteiger partial charge >= 0.3 is 5.97 Å². The van der Waals surface area contributed by atoms with Crippen molar-refractivity contribution < 1.29 is 23.8 Å². The molecule has 0 radical (unpaired) electrons. The Morgan fingerprint density at radius 3 is 2.91 bits per heavy atom. The first kappa shape index (κ1) is 18.0. The van der Waals surface area contributed by atoms with Crippen LogP contribution in [0.25, 0.3) is 0 Å². The van der Waals surface area contributed by atoms with Crippen LogP contribution in [-0.2, 0) is 19.1 Å². The highest BCUT2D eigenvalue weighted by Gasteiger charge is 2.16. The number of carbonyl (C=O) groups is 2. The molecule has 1 aromatic carbocycles. The number of ether oxygens (including phenoxy) is 3. The first-order chi connectivity index (χ1) is 11.0. The van der Waals surface area contributed by atoms with Crippen molar-refractivity contribution in [3.05, 3.63) is 27.7 Å². The van der Waals surface area contributed by atoms with Gasteiger partial charge in [0, 0.05) is 17.6 Å². The molecule has 1 heterocycles. The SMILES string of the molecule is O=C(COC(=O)COc1ccc(Br)cc1Cl)NC[C@H]1CCCO1.